The van der Waals surface area contributed by atoms with E-state index in [9.17, 15) is 4.39 Å². The highest BCUT2D eigenvalue weighted by atomic mass is 79.9. The van der Waals surface area contributed by atoms with Gasteiger partial charge in [-0.25, -0.2) is 4.39 Å². The first-order valence-electron chi connectivity index (χ1n) is 6.33. The van der Waals surface area contributed by atoms with Crippen molar-refractivity contribution >= 4 is 15.9 Å². The Kier molecular flexibility index (Phi) is 4.78. The average molecular weight is 338 g/mol. The molecule has 0 fully saturated rings. The SMILES string of the molecule is CNC(c1ccc(OC)c(C)c1)c1cc(F)ccc1Br. The summed E-state index contributed by atoms with van der Waals surface area (Å²) >= 11 is 3.48. The molecule has 1 atom stereocenters. The first-order chi connectivity index (χ1) is 9.56. The van der Waals surface area contributed by atoms with E-state index in [1.54, 1.807) is 19.2 Å². The number of methoxy groups -OCH3 is 1. The van der Waals surface area contributed by atoms with Gasteiger partial charge in [0, 0.05) is 4.47 Å². The standard InChI is InChI=1S/C16H17BrFNO/c1-10-8-11(4-7-15(10)20-3)16(19-2)13-9-12(18)5-6-14(13)17/h4-9,16,19H,1-3H3. The molecule has 0 aliphatic heterocycles. The lowest BCUT2D eigenvalue weighted by Crippen LogP contribution is -2.18. The lowest BCUT2D eigenvalue weighted by Gasteiger charge is -2.20. The minimum Gasteiger partial charge on any atom is -0.496 e. The summed E-state index contributed by atoms with van der Waals surface area (Å²) in [6.07, 6.45) is 0. The van der Waals surface area contributed by atoms with Crippen LogP contribution in [0.15, 0.2) is 40.9 Å². The van der Waals surface area contributed by atoms with Crippen LogP contribution < -0.4 is 10.1 Å². The fourth-order valence-corrected chi connectivity index (χ4v) is 2.79. The third-order valence-corrected chi connectivity index (χ3v) is 4.03. The molecule has 2 aromatic rings. The van der Waals surface area contributed by atoms with Gasteiger partial charge in [0.2, 0.25) is 0 Å². The molecule has 1 unspecified atom stereocenters. The number of aryl methyl sites for hydroxylation is 1. The van der Waals surface area contributed by atoms with Gasteiger partial charge in [-0.1, -0.05) is 28.1 Å². The van der Waals surface area contributed by atoms with E-state index >= 15 is 0 Å². The van der Waals surface area contributed by atoms with Crippen LogP contribution in [-0.2, 0) is 0 Å². The van der Waals surface area contributed by atoms with Gasteiger partial charge in [-0.2, -0.15) is 0 Å². The molecule has 0 aromatic heterocycles. The Labute approximate surface area is 127 Å². The quantitative estimate of drug-likeness (QED) is 0.902. The van der Waals surface area contributed by atoms with Gasteiger partial charge >= 0.3 is 0 Å². The predicted molar refractivity (Wildman–Crippen MR) is 82.7 cm³/mol. The third kappa shape index (κ3) is 3.02. The van der Waals surface area contributed by atoms with Crippen LogP contribution >= 0.6 is 15.9 Å². The first-order valence-corrected chi connectivity index (χ1v) is 7.13. The molecular formula is C16H17BrFNO. The zero-order chi connectivity index (χ0) is 14.7. The van der Waals surface area contributed by atoms with Crippen molar-refractivity contribution in [3.63, 3.8) is 0 Å². The van der Waals surface area contributed by atoms with Gasteiger partial charge in [0.1, 0.15) is 11.6 Å². The highest BCUT2D eigenvalue weighted by Crippen LogP contribution is 2.31. The van der Waals surface area contributed by atoms with Crippen molar-refractivity contribution in [2.75, 3.05) is 14.2 Å². The van der Waals surface area contributed by atoms with Gasteiger partial charge < -0.3 is 10.1 Å². The molecule has 106 valence electrons. The van der Waals surface area contributed by atoms with E-state index in [0.717, 1.165) is 26.9 Å². The van der Waals surface area contributed by atoms with E-state index in [1.165, 1.54) is 6.07 Å². The van der Waals surface area contributed by atoms with Gasteiger partial charge in [-0.05, 0) is 54.9 Å². The van der Waals surface area contributed by atoms with Gasteiger partial charge in [-0.15, -0.1) is 0 Å². The predicted octanol–water partition coefficient (Wildman–Crippen LogP) is 4.21. The summed E-state index contributed by atoms with van der Waals surface area (Å²) in [6, 6.07) is 10.6. The Morgan fingerprint density at radius 1 is 1.20 bits per heavy atom. The highest BCUT2D eigenvalue weighted by molar-refractivity contribution is 9.10. The molecule has 4 heteroatoms. The zero-order valence-corrected chi connectivity index (χ0v) is 13.3. The molecule has 0 radical (unpaired) electrons. The summed E-state index contributed by atoms with van der Waals surface area (Å²) < 4.78 is 19.6. The van der Waals surface area contributed by atoms with Gasteiger partial charge in [-0.3, -0.25) is 0 Å². The normalized spacial score (nSPS) is 12.2. The van der Waals surface area contributed by atoms with Crippen LogP contribution in [0.25, 0.3) is 0 Å². The van der Waals surface area contributed by atoms with E-state index in [1.807, 2.05) is 26.1 Å². The lowest BCUT2D eigenvalue weighted by atomic mass is 9.97. The molecule has 20 heavy (non-hydrogen) atoms. The number of hydrogen-bond acceptors (Lipinski definition) is 2. The summed E-state index contributed by atoms with van der Waals surface area (Å²) in [5, 5.41) is 3.23. The minimum absolute atomic E-state index is 0.0790. The first kappa shape index (κ1) is 15.0. The van der Waals surface area contributed by atoms with Crippen LogP contribution in [0.5, 0.6) is 5.75 Å². The summed E-state index contributed by atoms with van der Waals surface area (Å²) in [4.78, 5) is 0. The summed E-state index contributed by atoms with van der Waals surface area (Å²) in [5.41, 5.74) is 2.99. The van der Waals surface area contributed by atoms with Crippen molar-refractivity contribution in [2.24, 2.45) is 0 Å². The van der Waals surface area contributed by atoms with Crippen molar-refractivity contribution in [3.05, 3.63) is 63.4 Å². The second-order valence-corrected chi connectivity index (χ2v) is 5.47. The molecule has 0 heterocycles. The zero-order valence-electron chi connectivity index (χ0n) is 11.7. The Balaban J connectivity index is 2.46. The largest absolute Gasteiger partial charge is 0.496 e. The number of halogens is 2. The van der Waals surface area contributed by atoms with Crippen molar-refractivity contribution < 1.29 is 9.13 Å². The molecule has 0 spiro atoms. The minimum atomic E-state index is -0.242. The van der Waals surface area contributed by atoms with Gasteiger partial charge in [0.25, 0.3) is 0 Å². The fraction of sp³-hybridized carbons (Fsp3) is 0.250. The molecule has 0 saturated heterocycles. The average Bonchev–Trinajstić information content (AvgIpc) is 2.44. The molecular weight excluding hydrogens is 321 g/mol. The van der Waals surface area contributed by atoms with Crippen LogP contribution in [0, 0.1) is 12.7 Å². The molecule has 2 aromatic carbocycles. The molecule has 0 aliphatic rings. The number of hydrogen-bond donors (Lipinski definition) is 1. The molecule has 2 rings (SSSR count). The second kappa shape index (κ2) is 6.37. The summed E-state index contributed by atoms with van der Waals surface area (Å²) in [7, 11) is 3.52. The Hall–Kier alpha value is -1.39. The number of nitrogens with one attached hydrogen (secondary N) is 1. The van der Waals surface area contributed by atoms with E-state index < -0.39 is 0 Å². The Bertz CT molecular complexity index is 615. The molecule has 0 bridgehead atoms. The number of benzene rings is 2. The maximum atomic E-state index is 13.5. The summed E-state index contributed by atoms with van der Waals surface area (Å²) in [6.45, 7) is 2.00. The van der Waals surface area contributed by atoms with Crippen molar-refractivity contribution in [1.29, 1.82) is 0 Å². The number of ether oxygens (including phenoxy) is 1. The van der Waals surface area contributed by atoms with Crippen molar-refractivity contribution in [2.45, 2.75) is 13.0 Å². The van der Waals surface area contributed by atoms with Crippen LogP contribution in [0.4, 0.5) is 4.39 Å². The Morgan fingerprint density at radius 2 is 1.95 bits per heavy atom. The fourth-order valence-electron chi connectivity index (χ4n) is 2.32. The maximum absolute atomic E-state index is 13.5. The summed E-state index contributed by atoms with van der Waals surface area (Å²) in [5.74, 6) is 0.607. The van der Waals surface area contributed by atoms with E-state index in [2.05, 4.69) is 27.3 Å². The van der Waals surface area contributed by atoms with E-state index in [-0.39, 0.29) is 11.9 Å². The van der Waals surface area contributed by atoms with Crippen LogP contribution in [0.2, 0.25) is 0 Å². The van der Waals surface area contributed by atoms with Crippen LogP contribution in [0.3, 0.4) is 0 Å². The molecule has 0 amide bonds. The maximum Gasteiger partial charge on any atom is 0.123 e. The van der Waals surface area contributed by atoms with Gasteiger partial charge in [0.05, 0.1) is 13.2 Å². The van der Waals surface area contributed by atoms with Crippen molar-refractivity contribution in [1.82, 2.24) is 5.32 Å². The van der Waals surface area contributed by atoms with Crippen molar-refractivity contribution in [3.8, 4) is 5.75 Å². The molecule has 1 N–H and O–H groups in total. The Morgan fingerprint density at radius 3 is 2.55 bits per heavy atom. The number of rotatable bonds is 4. The monoisotopic (exact) mass is 337 g/mol. The topological polar surface area (TPSA) is 21.3 Å². The van der Waals surface area contributed by atoms with Crippen LogP contribution in [0.1, 0.15) is 22.7 Å². The lowest BCUT2D eigenvalue weighted by molar-refractivity contribution is 0.411. The third-order valence-electron chi connectivity index (χ3n) is 3.31. The second-order valence-electron chi connectivity index (χ2n) is 4.62. The van der Waals surface area contributed by atoms with E-state index in [0.29, 0.717) is 0 Å². The smallest absolute Gasteiger partial charge is 0.123 e. The molecule has 0 aliphatic carbocycles. The molecule has 2 nitrogen and oxygen atoms in total. The van der Waals surface area contributed by atoms with Crippen LogP contribution in [-0.4, -0.2) is 14.2 Å². The van der Waals surface area contributed by atoms with E-state index in [4.69, 9.17) is 4.74 Å². The highest BCUT2D eigenvalue weighted by Gasteiger charge is 2.16. The van der Waals surface area contributed by atoms with Gasteiger partial charge in [0.15, 0.2) is 0 Å². The molecule has 0 saturated carbocycles.